The first-order valence-corrected chi connectivity index (χ1v) is 6.89. The van der Waals surface area contributed by atoms with Crippen LogP contribution in [0.15, 0.2) is 12.1 Å². The van der Waals surface area contributed by atoms with Gasteiger partial charge in [0, 0.05) is 6.42 Å². The van der Waals surface area contributed by atoms with E-state index in [1.54, 1.807) is 0 Å². The molecular weight excluding hydrogens is 222 g/mol. The molecule has 18 heavy (non-hydrogen) atoms. The van der Waals surface area contributed by atoms with Crippen LogP contribution in [0.5, 0.6) is 0 Å². The van der Waals surface area contributed by atoms with E-state index < -0.39 is 0 Å². The normalized spacial score (nSPS) is 17.4. The molecule has 2 aromatic rings. The van der Waals surface area contributed by atoms with Crippen LogP contribution in [0.3, 0.4) is 0 Å². The van der Waals surface area contributed by atoms with Gasteiger partial charge in [0.15, 0.2) is 0 Å². The van der Waals surface area contributed by atoms with Crippen molar-refractivity contribution < 1.29 is 0 Å². The third-order valence-corrected chi connectivity index (χ3v) is 3.91. The van der Waals surface area contributed by atoms with Crippen LogP contribution in [0.2, 0.25) is 0 Å². The van der Waals surface area contributed by atoms with Crippen molar-refractivity contribution in [3.05, 3.63) is 29.1 Å². The standard InChI is InChI=1S/C15H21N3/c1-10-7-11(2)15-13(8-10)17-14(18-15)9-12-3-5-16-6-4-12/h7-8,12,16H,3-6,9H2,1-2H3,(H,17,18). The van der Waals surface area contributed by atoms with E-state index in [2.05, 4.69) is 36.3 Å². The van der Waals surface area contributed by atoms with Crippen molar-refractivity contribution in [1.82, 2.24) is 15.3 Å². The van der Waals surface area contributed by atoms with Crippen LogP contribution in [-0.4, -0.2) is 23.1 Å². The van der Waals surface area contributed by atoms with E-state index in [-0.39, 0.29) is 0 Å². The number of hydrogen-bond acceptors (Lipinski definition) is 2. The van der Waals surface area contributed by atoms with Crippen molar-refractivity contribution in [2.45, 2.75) is 33.1 Å². The Bertz CT molecular complexity index is 550. The molecule has 3 rings (SSSR count). The SMILES string of the molecule is Cc1cc(C)c2nc(CC3CCNCC3)[nH]c2c1. The predicted molar refractivity (Wildman–Crippen MR) is 74.9 cm³/mol. The largest absolute Gasteiger partial charge is 0.342 e. The molecule has 0 radical (unpaired) electrons. The summed E-state index contributed by atoms with van der Waals surface area (Å²) < 4.78 is 0. The van der Waals surface area contributed by atoms with E-state index in [0.29, 0.717) is 0 Å². The van der Waals surface area contributed by atoms with E-state index in [0.717, 1.165) is 36.8 Å². The fourth-order valence-corrected chi connectivity index (χ4v) is 2.98. The minimum atomic E-state index is 0.785. The van der Waals surface area contributed by atoms with Crippen LogP contribution < -0.4 is 5.32 Å². The Hall–Kier alpha value is -1.35. The number of benzene rings is 1. The molecule has 0 spiro atoms. The lowest BCUT2D eigenvalue weighted by Crippen LogP contribution is -2.28. The molecule has 3 nitrogen and oxygen atoms in total. The molecule has 1 aromatic heterocycles. The minimum Gasteiger partial charge on any atom is -0.342 e. The molecule has 2 heterocycles. The fourth-order valence-electron chi connectivity index (χ4n) is 2.98. The van der Waals surface area contributed by atoms with Gasteiger partial charge in [-0.1, -0.05) is 6.07 Å². The van der Waals surface area contributed by atoms with Gasteiger partial charge in [0.1, 0.15) is 5.82 Å². The van der Waals surface area contributed by atoms with E-state index in [9.17, 15) is 0 Å². The number of aromatic amines is 1. The number of nitrogens with one attached hydrogen (secondary N) is 2. The average molecular weight is 243 g/mol. The molecule has 0 aliphatic carbocycles. The van der Waals surface area contributed by atoms with E-state index in [1.165, 1.54) is 29.5 Å². The van der Waals surface area contributed by atoms with Crippen molar-refractivity contribution in [1.29, 1.82) is 0 Å². The Balaban J connectivity index is 1.86. The molecule has 0 atom stereocenters. The van der Waals surface area contributed by atoms with Gasteiger partial charge in [-0.2, -0.15) is 0 Å². The number of nitrogens with zero attached hydrogens (tertiary/aromatic N) is 1. The van der Waals surface area contributed by atoms with Crippen molar-refractivity contribution in [2.75, 3.05) is 13.1 Å². The van der Waals surface area contributed by atoms with E-state index in [1.807, 2.05) is 0 Å². The summed E-state index contributed by atoms with van der Waals surface area (Å²) in [6.07, 6.45) is 3.64. The lowest BCUT2D eigenvalue weighted by atomic mass is 9.94. The summed E-state index contributed by atoms with van der Waals surface area (Å²) in [7, 11) is 0. The van der Waals surface area contributed by atoms with Crippen molar-refractivity contribution in [3.63, 3.8) is 0 Å². The number of rotatable bonds is 2. The van der Waals surface area contributed by atoms with Gasteiger partial charge in [-0.25, -0.2) is 4.98 Å². The third kappa shape index (κ3) is 2.27. The zero-order valence-corrected chi connectivity index (χ0v) is 11.2. The number of imidazole rings is 1. The molecule has 2 N–H and O–H groups in total. The van der Waals surface area contributed by atoms with Gasteiger partial charge in [-0.3, -0.25) is 0 Å². The zero-order valence-electron chi connectivity index (χ0n) is 11.2. The molecule has 1 aliphatic rings. The topological polar surface area (TPSA) is 40.7 Å². The lowest BCUT2D eigenvalue weighted by Gasteiger charge is -2.21. The van der Waals surface area contributed by atoms with Gasteiger partial charge in [0.05, 0.1) is 11.0 Å². The fraction of sp³-hybridized carbons (Fsp3) is 0.533. The quantitative estimate of drug-likeness (QED) is 0.851. The Morgan fingerprint density at radius 2 is 2.00 bits per heavy atom. The summed E-state index contributed by atoms with van der Waals surface area (Å²) in [5.74, 6) is 1.94. The molecule has 0 bridgehead atoms. The maximum atomic E-state index is 4.77. The monoisotopic (exact) mass is 243 g/mol. The average Bonchev–Trinajstić information content (AvgIpc) is 2.73. The van der Waals surface area contributed by atoms with Gasteiger partial charge in [0.25, 0.3) is 0 Å². The molecule has 0 amide bonds. The second kappa shape index (κ2) is 4.73. The number of aromatic nitrogens is 2. The summed E-state index contributed by atoms with van der Waals surface area (Å²) in [5.41, 5.74) is 4.91. The third-order valence-electron chi connectivity index (χ3n) is 3.91. The van der Waals surface area contributed by atoms with Crippen LogP contribution in [0.4, 0.5) is 0 Å². The molecule has 1 saturated heterocycles. The first-order valence-electron chi connectivity index (χ1n) is 6.89. The van der Waals surface area contributed by atoms with Crippen molar-refractivity contribution in [3.8, 4) is 0 Å². The lowest BCUT2D eigenvalue weighted by molar-refractivity contribution is 0.368. The highest BCUT2D eigenvalue weighted by Crippen LogP contribution is 2.21. The Kier molecular flexibility index (Phi) is 3.08. The Morgan fingerprint density at radius 1 is 1.22 bits per heavy atom. The van der Waals surface area contributed by atoms with Crippen LogP contribution >= 0.6 is 0 Å². The van der Waals surface area contributed by atoms with Gasteiger partial charge in [-0.05, 0) is 62.9 Å². The van der Waals surface area contributed by atoms with Crippen LogP contribution in [-0.2, 0) is 6.42 Å². The number of piperidine rings is 1. The molecule has 1 aliphatic heterocycles. The number of fused-ring (bicyclic) bond motifs is 1. The van der Waals surface area contributed by atoms with Gasteiger partial charge >= 0.3 is 0 Å². The van der Waals surface area contributed by atoms with Gasteiger partial charge < -0.3 is 10.3 Å². The highest BCUT2D eigenvalue weighted by Gasteiger charge is 2.15. The maximum Gasteiger partial charge on any atom is 0.107 e. The van der Waals surface area contributed by atoms with Crippen LogP contribution in [0.1, 0.15) is 29.8 Å². The number of H-pyrrole nitrogens is 1. The minimum absolute atomic E-state index is 0.785. The number of hydrogen-bond donors (Lipinski definition) is 2. The highest BCUT2D eigenvalue weighted by molar-refractivity contribution is 5.79. The zero-order chi connectivity index (χ0) is 12.5. The summed E-state index contributed by atoms with van der Waals surface area (Å²) >= 11 is 0. The second-order valence-corrected chi connectivity index (χ2v) is 5.56. The first-order chi connectivity index (χ1) is 8.72. The highest BCUT2D eigenvalue weighted by atomic mass is 14.9. The van der Waals surface area contributed by atoms with Crippen molar-refractivity contribution >= 4 is 11.0 Å². The second-order valence-electron chi connectivity index (χ2n) is 5.56. The Labute approximate surface area is 108 Å². The molecule has 0 saturated carbocycles. The summed E-state index contributed by atoms with van der Waals surface area (Å²) in [6.45, 7) is 6.59. The summed E-state index contributed by atoms with van der Waals surface area (Å²) in [4.78, 5) is 8.26. The maximum absolute atomic E-state index is 4.77. The molecule has 0 unspecified atom stereocenters. The van der Waals surface area contributed by atoms with E-state index >= 15 is 0 Å². The van der Waals surface area contributed by atoms with Gasteiger partial charge in [0.2, 0.25) is 0 Å². The Morgan fingerprint density at radius 3 is 2.78 bits per heavy atom. The van der Waals surface area contributed by atoms with Crippen LogP contribution in [0, 0.1) is 19.8 Å². The molecule has 3 heteroatoms. The van der Waals surface area contributed by atoms with Gasteiger partial charge in [-0.15, -0.1) is 0 Å². The van der Waals surface area contributed by atoms with Crippen molar-refractivity contribution in [2.24, 2.45) is 5.92 Å². The molecule has 96 valence electrons. The molecule has 1 fully saturated rings. The molecular formula is C15H21N3. The summed E-state index contributed by atoms with van der Waals surface area (Å²) in [6, 6.07) is 4.40. The smallest absolute Gasteiger partial charge is 0.107 e. The first kappa shape index (κ1) is 11.7. The van der Waals surface area contributed by atoms with E-state index in [4.69, 9.17) is 4.98 Å². The number of aryl methyl sites for hydroxylation is 2. The summed E-state index contributed by atoms with van der Waals surface area (Å²) in [5, 5.41) is 3.41. The van der Waals surface area contributed by atoms with Crippen LogP contribution in [0.25, 0.3) is 11.0 Å². The molecule has 1 aromatic carbocycles. The predicted octanol–water partition coefficient (Wildman–Crippen LogP) is 2.72.